The van der Waals surface area contributed by atoms with Crippen molar-refractivity contribution in [3.63, 3.8) is 0 Å². The highest BCUT2D eigenvalue weighted by Gasteiger charge is 2.18. The molecule has 2 rings (SSSR count). The first-order chi connectivity index (χ1) is 9.27. The maximum absolute atomic E-state index is 5.74. The Bertz CT molecular complexity index is 542. The average Bonchev–Trinajstić information content (AvgIpc) is 2.44. The molecule has 1 aromatic heterocycles. The maximum atomic E-state index is 5.74. The van der Waals surface area contributed by atoms with Gasteiger partial charge in [0.2, 0.25) is 0 Å². The molecule has 0 radical (unpaired) electrons. The number of hydrogen-bond donors (Lipinski definition) is 2. The van der Waals surface area contributed by atoms with Crippen molar-refractivity contribution >= 4 is 0 Å². The van der Waals surface area contributed by atoms with Gasteiger partial charge in [0.25, 0.3) is 0 Å². The SMILES string of the molecule is CCOc1ccccc1C(NN)c1cccnc1C. The van der Waals surface area contributed by atoms with Crippen molar-refractivity contribution in [1.29, 1.82) is 0 Å². The van der Waals surface area contributed by atoms with E-state index in [1.807, 2.05) is 50.2 Å². The third-order valence-electron chi connectivity index (χ3n) is 3.06. The lowest BCUT2D eigenvalue weighted by Gasteiger charge is -2.21. The molecule has 1 aromatic carbocycles. The quantitative estimate of drug-likeness (QED) is 0.637. The Labute approximate surface area is 113 Å². The van der Waals surface area contributed by atoms with Crippen LogP contribution in [0.25, 0.3) is 0 Å². The number of benzene rings is 1. The molecular weight excluding hydrogens is 238 g/mol. The Morgan fingerprint density at radius 2 is 1.95 bits per heavy atom. The molecule has 4 heteroatoms. The van der Waals surface area contributed by atoms with E-state index in [1.54, 1.807) is 6.20 Å². The lowest BCUT2D eigenvalue weighted by atomic mass is 9.97. The molecule has 1 atom stereocenters. The minimum absolute atomic E-state index is 0.128. The van der Waals surface area contributed by atoms with E-state index in [9.17, 15) is 0 Å². The molecule has 1 unspecified atom stereocenters. The number of para-hydroxylation sites is 1. The monoisotopic (exact) mass is 257 g/mol. The molecule has 100 valence electrons. The predicted molar refractivity (Wildman–Crippen MR) is 75.8 cm³/mol. The van der Waals surface area contributed by atoms with E-state index >= 15 is 0 Å². The van der Waals surface area contributed by atoms with Crippen molar-refractivity contribution in [2.45, 2.75) is 19.9 Å². The summed E-state index contributed by atoms with van der Waals surface area (Å²) in [6.07, 6.45) is 1.78. The number of hydrogen-bond acceptors (Lipinski definition) is 4. The number of aryl methyl sites for hydroxylation is 1. The largest absolute Gasteiger partial charge is 0.494 e. The van der Waals surface area contributed by atoms with Crippen molar-refractivity contribution in [3.05, 3.63) is 59.4 Å². The second-order valence-electron chi connectivity index (χ2n) is 4.25. The van der Waals surface area contributed by atoms with Gasteiger partial charge in [-0.15, -0.1) is 0 Å². The second-order valence-corrected chi connectivity index (χ2v) is 4.25. The molecule has 0 aliphatic heterocycles. The van der Waals surface area contributed by atoms with Crippen molar-refractivity contribution in [1.82, 2.24) is 10.4 Å². The zero-order valence-electron chi connectivity index (χ0n) is 11.3. The van der Waals surface area contributed by atoms with Crippen molar-refractivity contribution in [3.8, 4) is 5.75 Å². The van der Waals surface area contributed by atoms with Gasteiger partial charge in [0.1, 0.15) is 5.75 Å². The van der Waals surface area contributed by atoms with Crippen LogP contribution in [0.15, 0.2) is 42.6 Å². The first-order valence-corrected chi connectivity index (χ1v) is 6.37. The van der Waals surface area contributed by atoms with Gasteiger partial charge in [0.05, 0.1) is 12.6 Å². The number of aromatic nitrogens is 1. The molecule has 0 amide bonds. The normalized spacial score (nSPS) is 12.2. The molecule has 0 fully saturated rings. The summed E-state index contributed by atoms with van der Waals surface area (Å²) in [6, 6.07) is 11.7. The van der Waals surface area contributed by atoms with Gasteiger partial charge >= 0.3 is 0 Å². The van der Waals surface area contributed by atoms with Crippen molar-refractivity contribution < 1.29 is 4.74 Å². The standard InChI is InChI=1S/C15H19N3O/c1-3-19-14-9-5-4-7-13(14)15(18-16)12-8-6-10-17-11(12)2/h4-10,15,18H,3,16H2,1-2H3. The maximum Gasteiger partial charge on any atom is 0.124 e. The zero-order valence-corrected chi connectivity index (χ0v) is 11.3. The smallest absolute Gasteiger partial charge is 0.124 e. The molecule has 1 heterocycles. The van der Waals surface area contributed by atoms with Crippen molar-refractivity contribution in [2.24, 2.45) is 5.84 Å². The Balaban J connectivity index is 2.45. The number of rotatable bonds is 5. The highest BCUT2D eigenvalue weighted by atomic mass is 16.5. The third-order valence-corrected chi connectivity index (χ3v) is 3.06. The minimum atomic E-state index is -0.128. The van der Waals surface area contributed by atoms with E-state index in [-0.39, 0.29) is 6.04 Å². The highest BCUT2D eigenvalue weighted by molar-refractivity contribution is 5.42. The fraction of sp³-hybridized carbons (Fsp3) is 0.267. The van der Waals surface area contributed by atoms with Gasteiger partial charge in [0, 0.05) is 17.5 Å². The van der Waals surface area contributed by atoms with Crippen LogP contribution in [0.2, 0.25) is 0 Å². The van der Waals surface area contributed by atoms with E-state index < -0.39 is 0 Å². The van der Waals surface area contributed by atoms with Gasteiger partial charge in [-0.25, -0.2) is 5.43 Å². The molecule has 0 bridgehead atoms. The highest BCUT2D eigenvalue weighted by Crippen LogP contribution is 2.30. The lowest BCUT2D eigenvalue weighted by Crippen LogP contribution is -2.30. The number of hydrazine groups is 1. The summed E-state index contributed by atoms with van der Waals surface area (Å²) in [5.74, 6) is 6.58. The zero-order chi connectivity index (χ0) is 13.7. The number of nitrogens with two attached hydrogens (primary N) is 1. The Morgan fingerprint density at radius 1 is 1.21 bits per heavy atom. The number of ether oxygens (including phenoxy) is 1. The van der Waals surface area contributed by atoms with Crippen LogP contribution >= 0.6 is 0 Å². The first-order valence-electron chi connectivity index (χ1n) is 6.37. The summed E-state index contributed by atoms with van der Waals surface area (Å²) >= 11 is 0. The molecule has 0 aliphatic rings. The average molecular weight is 257 g/mol. The van der Waals surface area contributed by atoms with Crippen molar-refractivity contribution in [2.75, 3.05) is 6.61 Å². The van der Waals surface area contributed by atoms with Crippen LogP contribution in [0.4, 0.5) is 0 Å². The molecule has 19 heavy (non-hydrogen) atoms. The van der Waals surface area contributed by atoms with Gasteiger partial charge in [-0.05, 0) is 31.5 Å². The van der Waals surface area contributed by atoms with Crippen LogP contribution in [0.1, 0.15) is 29.8 Å². The van der Waals surface area contributed by atoms with E-state index in [0.29, 0.717) is 6.61 Å². The Morgan fingerprint density at radius 3 is 2.63 bits per heavy atom. The van der Waals surface area contributed by atoms with Crippen LogP contribution in [0.3, 0.4) is 0 Å². The molecule has 0 spiro atoms. The van der Waals surface area contributed by atoms with E-state index in [4.69, 9.17) is 10.6 Å². The Hall–Kier alpha value is -1.91. The lowest BCUT2D eigenvalue weighted by molar-refractivity contribution is 0.333. The van der Waals surface area contributed by atoms with E-state index in [0.717, 1.165) is 22.6 Å². The van der Waals surface area contributed by atoms with Gasteiger partial charge < -0.3 is 4.74 Å². The first kappa shape index (κ1) is 13.5. The number of nitrogens with zero attached hydrogens (tertiary/aromatic N) is 1. The number of nitrogens with one attached hydrogen (secondary N) is 1. The molecule has 4 nitrogen and oxygen atoms in total. The fourth-order valence-electron chi connectivity index (χ4n) is 2.15. The van der Waals surface area contributed by atoms with E-state index in [2.05, 4.69) is 10.4 Å². The van der Waals surface area contributed by atoms with Crippen LogP contribution in [0, 0.1) is 6.92 Å². The van der Waals surface area contributed by atoms with Gasteiger partial charge in [0.15, 0.2) is 0 Å². The van der Waals surface area contributed by atoms with Crippen LogP contribution in [-0.4, -0.2) is 11.6 Å². The van der Waals surface area contributed by atoms with E-state index in [1.165, 1.54) is 0 Å². The molecular formula is C15H19N3O. The Kier molecular flexibility index (Phi) is 4.49. The van der Waals surface area contributed by atoms with Gasteiger partial charge in [-0.2, -0.15) is 0 Å². The topological polar surface area (TPSA) is 60.2 Å². The minimum Gasteiger partial charge on any atom is -0.494 e. The van der Waals surface area contributed by atoms with Crippen LogP contribution in [0.5, 0.6) is 5.75 Å². The summed E-state index contributed by atoms with van der Waals surface area (Å²) in [4.78, 5) is 4.31. The molecule has 0 aliphatic carbocycles. The van der Waals surface area contributed by atoms with Gasteiger partial charge in [-0.3, -0.25) is 10.8 Å². The second kappa shape index (κ2) is 6.31. The molecule has 2 aromatic rings. The molecule has 3 N–H and O–H groups in total. The van der Waals surface area contributed by atoms with Gasteiger partial charge in [-0.1, -0.05) is 24.3 Å². The van der Waals surface area contributed by atoms with Crippen LogP contribution < -0.4 is 16.0 Å². The third kappa shape index (κ3) is 2.92. The number of pyridine rings is 1. The summed E-state index contributed by atoms with van der Waals surface area (Å²) < 4.78 is 5.67. The van der Waals surface area contributed by atoms with Crippen LogP contribution in [-0.2, 0) is 0 Å². The fourth-order valence-corrected chi connectivity index (χ4v) is 2.15. The summed E-state index contributed by atoms with van der Waals surface area (Å²) in [5.41, 5.74) is 5.88. The predicted octanol–water partition coefficient (Wildman–Crippen LogP) is 2.34. The summed E-state index contributed by atoms with van der Waals surface area (Å²) in [7, 11) is 0. The molecule has 0 saturated heterocycles. The summed E-state index contributed by atoms with van der Waals surface area (Å²) in [5, 5.41) is 0. The molecule has 0 saturated carbocycles. The summed E-state index contributed by atoms with van der Waals surface area (Å²) in [6.45, 7) is 4.57.